The van der Waals surface area contributed by atoms with Crippen LogP contribution in [0.2, 0.25) is 5.15 Å². The van der Waals surface area contributed by atoms with Crippen LogP contribution in [0.25, 0.3) is 0 Å². The summed E-state index contributed by atoms with van der Waals surface area (Å²) in [5, 5.41) is 8.84. The number of halogens is 1. The quantitative estimate of drug-likeness (QED) is 0.843. The summed E-state index contributed by atoms with van der Waals surface area (Å²) >= 11 is 5.71. The van der Waals surface area contributed by atoms with E-state index < -0.39 is 10.0 Å². The maximum Gasteiger partial charge on any atom is 0.242 e. The molecule has 5 nitrogen and oxygen atoms in total. The summed E-state index contributed by atoms with van der Waals surface area (Å²) in [4.78, 5) is 3.82. The summed E-state index contributed by atoms with van der Waals surface area (Å²) in [5.74, 6) is -0.383. The van der Waals surface area contributed by atoms with Crippen molar-refractivity contribution in [3.63, 3.8) is 0 Å². The first-order chi connectivity index (χ1) is 7.86. The first-order valence-corrected chi connectivity index (χ1v) is 6.74. The number of rotatable bonds is 4. The van der Waals surface area contributed by atoms with Gasteiger partial charge in [-0.05, 0) is 25.5 Å². The van der Waals surface area contributed by atoms with Crippen LogP contribution in [-0.4, -0.2) is 19.9 Å². The summed E-state index contributed by atoms with van der Waals surface area (Å²) in [7, 11) is -3.63. The van der Waals surface area contributed by atoms with Crippen molar-refractivity contribution >= 4 is 21.6 Å². The van der Waals surface area contributed by atoms with E-state index in [1.807, 2.05) is 6.07 Å². The van der Waals surface area contributed by atoms with E-state index in [-0.39, 0.29) is 22.5 Å². The lowest BCUT2D eigenvalue weighted by atomic mass is 10.2. The van der Waals surface area contributed by atoms with Crippen LogP contribution < -0.4 is 4.72 Å². The third kappa shape index (κ3) is 3.66. The van der Waals surface area contributed by atoms with Crippen molar-refractivity contribution < 1.29 is 8.42 Å². The van der Waals surface area contributed by atoms with Gasteiger partial charge in [0.05, 0.1) is 12.0 Å². The highest BCUT2D eigenvalue weighted by Crippen LogP contribution is 2.16. The van der Waals surface area contributed by atoms with Crippen LogP contribution in [0.3, 0.4) is 0 Å². The fourth-order valence-corrected chi connectivity index (χ4v) is 2.31. The summed E-state index contributed by atoms with van der Waals surface area (Å²) < 4.78 is 26.0. The molecule has 1 atom stereocenters. The van der Waals surface area contributed by atoms with Crippen molar-refractivity contribution in [3.8, 4) is 6.07 Å². The maximum atomic E-state index is 11.8. The van der Waals surface area contributed by atoms with E-state index in [9.17, 15) is 8.42 Å². The van der Waals surface area contributed by atoms with Gasteiger partial charge in [0, 0.05) is 12.7 Å². The SMILES string of the molecule is Cc1cc(S(=O)(=O)NC[C@@H](C)C#N)cnc1Cl. The molecule has 17 heavy (non-hydrogen) atoms. The smallest absolute Gasteiger partial charge is 0.242 e. The molecule has 1 rings (SSSR count). The minimum Gasteiger partial charge on any atom is -0.243 e. The van der Waals surface area contributed by atoms with Gasteiger partial charge in [-0.15, -0.1) is 0 Å². The molecule has 1 aromatic heterocycles. The number of nitrogens with zero attached hydrogens (tertiary/aromatic N) is 2. The van der Waals surface area contributed by atoms with Crippen LogP contribution in [0.1, 0.15) is 12.5 Å². The van der Waals surface area contributed by atoms with Gasteiger partial charge in [0.15, 0.2) is 0 Å². The third-order valence-corrected chi connectivity index (χ3v) is 3.89. The van der Waals surface area contributed by atoms with Gasteiger partial charge in [0.1, 0.15) is 10.0 Å². The van der Waals surface area contributed by atoms with Crippen molar-refractivity contribution in [3.05, 3.63) is 23.0 Å². The maximum absolute atomic E-state index is 11.8. The lowest BCUT2D eigenvalue weighted by molar-refractivity contribution is 0.572. The third-order valence-electron chi connectivity index (χ3n) is 2.10. The van der Waals surface area contributed by atoms with E-state index in [1.165, 1.54) is 12.3 Å². The van der Waals surface area contributed by atoms with Gasteiger partial charge < -0.3 is 0 Å². The standard InChI is InChI=1S/C10H12ClN3O2S/c1-7(4-12)5-14-17(15,16)9-3-8(2)10(11)13-6-9/h3,6-7,14H,5H2,1-2H3/t7-/m0/s1. The molecule has 0 saturated carbocycles. The van der Waals surface area contributed by atoms with Crippen molar-refractivity contribution in [1.82, 2.24) is 9.71 Å². The second-order valence-corrected chi connectivity index (χ2v) is 5.79. The van der Waals surface area contributed by atoms with Crippen LogP contribution >= 0.6 is 11.6 Å². The van der Waals surface area contributed by atoms with E-state index in [0.29, 0.717) is 5.56 Å². The lowest BCUT2D eigenvalue weighted by Crippen LogP contribution is -2.28. The average Bonchev–Trinajstić information content (AvgIpc) is 2.29. The minimum atomic E-state index is -3.63. The summed E-state index contributed by atoms with van der Waals surface area (Å²) in [6.45, 7) is 3.38. The largest absolute Gasteiger partial charge is 0.243 e. The molecule has 0 aliphatic carbocycles. The summed E-state index contributed by atoms with van der Waals surface area (Å²) in [6.07, 6.45) is 1.19. The highest BCUT2D eigenvalue weighted by Gasteiger charge is 2.16. The minimum absolute atomic E-state index is 0.0459. The second-order valence-electron chi connectivity index (χ2n) is 3.66. The Balaban J connectivity index is 2.91. The molecule has 0 unspecified atom stereocenters. The lowest BCUT2D eigenvalue weighted by Gasteiger charge is -2.08. The Labute approximate surface area is 105 Å². The average molecular weight is 274 g/mol. The zero-order valence-electron chi connectivity index (χ0n) is 9.44. The Kier molecular flexibility index (Phi) is 4.46. The number of aromatic nitrogens is 1. The number of nitrogens with one attached hydrogen (secondary N) is 1. The molecule has 0 aliphatic rings. The molecule has 0 spiro atoms. The predicted molar refractivity (Wildman–Crippen MR) is 63.9 cm³/mol. The molecule has 0 aromatic carbocycles. The molecule has 1 aromatic rings. The van der Waals surface area contributed by atoms with Gasteiger partial charge in [0.25, 0.3) is 0 Å². The van der Waals surface area contributed by atoms with Crippen molar-refractivity contribution in [2.75, 3.05) is 6.54 Å². The second kappa shape index (κ2) is 5.45. The fourth-order valence-electron chi connectivity index (χ4n) is 1.04. The Morgan fingerprint density at radius 1 is 1.65 bits per heavy atom. The molecule has 1 heterocycles. The van der Waals surface area contributed by atoms with Crippen molar-refractivity contribution in [1.29, 1.82) is 5.26 Å². The number of aryl methyl sites for hydroxylation is 1. The molecule has 0 bridgehead atoms. The molecule has 0 fully saturated rings. The van der Waals surface area contributed by atoms with Crippen LogP contribution in [0, 0.1) is 24.2 Å². The van der Waals surface area contributed by atoms with E-state index >= 15 is 0 Å². The van der Waals surface area contributed by atoms with Gasteiger partial charge >= 0.3 is 0 Å². The number of hydrogen-bond acceptors (Lipinski definition) is 4. The van der Waals surface area contributed by atoms with E-state index in [2.05, 4.69) is 9.71 Å². The van der Waals surface area contributed by atoms with E-state index in [4.69, 9.17) is 16.9 Å². The fraction of sp³-hybridized carbons (Fsp3) is 0.400. The van der Waals surface area contributed by atoms with Gasteiger partial charge in [-0.25, -0.2) is 18.1 Å². The zero-order valence-corrected chi connectivity index (χ0v) is 11.0. The summed E-state index contributed by atoms with van der Waals surface area (Å²) in [5.41, 5.74) is 0.586. The van der Waals surface area contributed by atoms with E-state index in [0.717, 1.165) is 0 Å². The van der Waals surface area contributed by atoms with E-state index in [1.54, 1.807) is 13.8 Å². The van der Waals surface area contributed by atoms with Crippen molar-refractivity contribution in [2.24, 2.45) is 5.92 Å². The molecular formula is C10H12ClN3O2S. The van der Waals surface area contributed by atoms with Crippen LogP contribution in [0.4, 0.5) is 0 Å². The zero-order chi connectivity index (χ0) is 13.1. The number of nitriles is 1. The number of sulfonamides is 1. The molecule has 0 aliphatic heterocycles. The van der Waals surface area contributed by atoms with Crippen LogP contribution in [-0.2, 0) is 10.0 Å². The van der Waals surface area contributed by atoms with Gasteiger partial charge in [0.2, 0.25) is 10.0 Å². The van der Waals surface area contributed by atoms with Crippen molar-refractivity contribution in [2.45, 2.75) is 18.7 Å². The normalized spacial score (nSPS) is 13.1. The number of hydrogen-bond donors (Lipinski definition) is 1. The van der Waals surface area contributed by atoms with Gasteiger partial charge in [-0.3, -0.25) is 0 Å². The van der Waals surface area contributed by atoms with Gasteiger partial charge in [-0.1, -0.05) is 11.6 Å². The Hall–Kier alpha value is -1.16. The summed E-state index contributed by atoms with van der Waals surface area (Å²) in [6, 6.07) is 3.38. The molecular weight excluding hydrogens is 262 g/mol. The molecule has 0 saturated heterocycles. The first kappa shape index (κ1) is 13.9. The van der Waals surface area contributed by atoms with Gasteiger partial charge in [-0.2, -0.15) is 5.26 Å². The Morgan fingerprint density at radius 2 is 2.29 bits per heavy atom. The van der Waals surface area contributed by atoms with Crippen LogP contribution in [0.5, 0.6) is 0 Å². The molecule has 7 heteroatoms. The monoisotopic (exact) mass is 273 g/mol. The topological polar surface area (TPSA) is 82.9 Å². The van der Waals surface area contributed by atoms with Crippen LogP contribution in [0.15, 0.2) is 17.2 Å². The molecule has 0 radical (unpaired) electrons. The first-order valence-electron chi connectivity index (χ1n) is 4.88. The Morgan fingerprint density at radius 3 is 2.82 bits per heavy atom. The molecule has 92 valence electrons. The molecule has 1 N–H and O–H groups in total. The predicted octanol–water partition coefficient (Wildman–Crippen LogP) is 1.48. The number of pyridine rings is 1. The highest BCUT2D eigenvalue weighted by atomic mass is 35.5. The Bertz CT molecular complexity index is 551. The highest BCUT2D eigenvalue weighted by molar-refractivity contribution is 7.89. The molecule has 0 amide bonds.